The lowest BCUT2D eigenvalue weighted by molar-refractivity contribution is -0.129. The molecule has 1 unspecified atom stereocenters. The first-order valence-corrected chi connectivity index (χ1v) is 9.60. The highest BCUT2D eigenvalue weighted by molar-refractivity contribution is 5.94. The Labute approximate surface area is 169 Å². The number of aromatic amines is 1. The second-order valence-corrected chi connectivity index (χ2v) is 7.23. The number of benzene rings is 2. The van der Waals surface area contributed by atoms with Crippen LogP contribution in [0.25, 0.3) is 11.3 Å². The minimum absolute atomic E-state index is 0.0460. The van der Waals surface area contributed by atoms with Crippen molar-refractivity contribution < 1.29 is 9.59 Å². The Morgan fingerprint density at radius 3 is 2.59 bits per heavy atom. The number of carbonyl (C=O) groups excluding carboxylic acids is 2. The summed E-state index contributed by atoms with van der Waals surface area (Å²) >= 11 is 0. The van der Waals surface area contributed by atoms with E-state index in [2.05, 4.69) is 20.8 Å². The largest absolute Gasteiger partial charge is 0.336 e. The van der Waals surface area contributed by atoms with Gasteiger partial charge in [-0.05, 0) is 42.7 Å². The maximum atomic E-state index is 12.6. The molecule has 4 rings (SSSR count). The van der Waals surface area contributed by atoms with Gasteiger partial charge in [-0.3, -0.25) is 9.89 Å². The minimum atomic E-state index is -0.496. The summed E-state index contributed by atoms with van der Waals surface area (Å²) in [6.45, 7) is 3.23. The number of nitrogens with one attached hydrogen (secondary N) is 3. The molecule has 0 saturated carbocycles. The van der Waals surface area contributed by atoms with Gasteiger partial charge < -0.3 is 15.5 Å². The van der Waals surface area contributed by atoms with Gasteiger partial charge in [0.1, 0.15) is 6.04 Å². The average Bonchev–Trinajstić information content (AvgIpc) is 3.36. The molecule has 7 nitrogen and oxygen atoms in total. The van der Waals surface area contributed by atoms with E-state index in [0.29, 0.717) is 25.2 Å². The SMILES string of the molecule is Cc1ccc(CN2CCC(NC(=O)Nc3ccc(-c4ccn[nH]4)cc3)C2=O)cc1. The van der Waals surface area contributed by atoms with Crippen LogP contribution in [0, 0.1) is 6.92 Å². The normalized spacial score (nSPS) is 16.1. The van der Waals surface area contributed by atoms with Crippen LogP contribution in [0.15, 0.2) is 60.8 Å². The molecule has 29 heavy (non-hydrogen) atoms. The molecular weight excluding hydrogens is 366 g/mol. The fourth-order valence-electron chi connectivity index (χ4n) is 3.42. The van der Waals surface area contributed by atoms with E-state index in [1.54, 1.807) is 11.1 Å². The highest BCUT2D eigenvalue weighted by atomic mass is 16.2. The molecule has 1 aliphatic rings. The summed E-state index contributed by atoms with van der Waals surface area (Å²) in [7, 11) is 0. The number of aryl methyl sites for hydroxylation is 1. The summed E-state index contributed by atoms with van der Waals surface area (Å²) in [6, 6.07) is 16.6. The molecule has 3 amide bonds. The Morgan fingerprint density at radius 2 is 1.90 bits per heavy atom. The molecular formula is C22H23N5O2. The zero-order chi connectivity index (χ0) is 20.2. The fraction of sp³-hybridized carbons (Fsp3) is 0.227. The third kappa shape index (κ3) is 4.45. The number of amides is 3. The van der Waals surface area contributed by atoms with Crippen molar-refractivity contribution in [1.29, 1.82) is 0 Å². The fourth-order valence-corrected chi connectivity index (χ4v) is 3.42. The van der Waals surface area contributed by atoms with Crippen LogP contribution in [0.2, 0.25) is 0 Å². The van der Waals surface area contributed by atoms with Crippen LogP contribution in [0.5, 0.6) is 0 Å². The molecule has 0 radical (unpaired) electrons. The lowest BCUT2D eigenvalue weighted by atomic mass is 10.1. The summed E-state index contributed by atoms with van der Waals surface area (Å²) in [5.41, 5.74) is 4.83. The molecule has 0 spiro atoms. The molecule has 1 atom stereocenters. The maximum Gasteiger partial charge on any atom is 0.319 e. The molecule has 1 fully saturated rings. The smallest absolute Gasteiger partial charge is 0.319 e. The van der Waals surface area contributed by atoms with Crippen LogP contribution in [0.3, 0.4) is 0 Å². The van der Waals surface area contributed by atoms with E-state index in [1.807, 2.05) is 61.5 Å². The summed E-state index contributed by atoms with van der Waals surface area (Å²) < 4.78 is 0. The van der Waals surface area contributed by atoms with Gasteiger partial charge in [-0.2, -0.15) is 5.10 Å². The number of carbonyl (C=O) groups is 2. The molecule has 1 saturated heterocycles. The van der Waals surface area contributed by atoms with Crippen molar-refractivity contribution >= 4 is 17.6 Å². The van der Waals surface area contributed by atoms with Crippen molar-refractivity contribution in [3.63, 3.8) is 0 Å². The molecule has 0 bridgehead atoms. The highest BCUT2D eigenvalue weighted by Gasteiger charge is 2.32. The molecule has 3 aromatic rings. The summed E-state index contributed by atoms with van der Waals surface area (Å²) in [6.07, 6.45) is 2.30. The van der Waals surface area contributed by atoms with E-state index >= 15 is 0 Å². The summed E-state index contributed by atoms with van der Waals surface area (Å²) in [5, 5.41) is 12.4. The van der Waals surface area contributed by atoms with E-state index in [0.717, 1.165) is 16.8 Å². The minimum Gasteiger partial charge on any atom is -0.336 e. The van der Waals surface area contributed by atoms with Gasteiger partial charge in [-0.25, -0.2) is 4.79 Å². The van der Waals surface area contributed by atoms with Crippen molar-refractivity contribution in [2.45, 2.75) is 25.9 Å². The average molecular weight is 389 g/mol. The van der Waals surface area contributed by atoms with Crippen LogP contribution >= 0.6 is 0 Å². The van der Waals surface area contributed by atoms with Gasteiger partial charge >= 0.3 is 6.03 Å². The number of H-pyrrole nitrogens is 1. The Bertz CT molecular complexity index is 981. The lowest BCUT2D eigenvalue weighted by Gasteiger charge is -2.17. The monoisotopic (exact) mass is 389 g/mol. The maximum absolute atomic E-state index is 12.6. The Balaban J connectivity index is 1.30. The zero-order valence-electron chi connectivity index (χ0n) is 16.2. The number of anilines is 1. The van der Waals surface area contributed by atoms with Crippen LogP contribution in [0.4, 0.5) is 10.5 Å². The predicted molar refractivity (Wildman–Crippen MR) is 111 cm³/mol. The molecule has 7 heteroatoms. The number of nitrogens with zero attached hydrogens (tertiary/aromatic N) is 2. The number of likely N-dealkylation sites (tertiary alicyclic amines) is 1. The molecule has 1 aromatic heterocycles. The summed E-state index contributed by atoms with van der Waals surface area (Å²) in [5.74, 6) is -0.0460. The second kappa shape index (κ2) is 8.18. The van der Waals surface area contributed by atoms with Gasteiger partial charge in [0, 0.05) is 25.0 Å². The third-order valence-corrected chi connectivity index (χ3v) is 5.05. The van der Waals surface area contributed by atoms with Gasteiger partial charge in [0.05, 0.1) is 5.69 Å². The van der Waals surface area contributed by atoms with Crippen molar-refractivity contribution in [2.75, 3.05) is 11.9 Å². The second-order valence-electron chi connectivity index (χ2n) is 7.23. The number of aromatic nitrogens is 2. The van der Waals surface area contributed by atoms with Crippen molar-refractivity contribution in [1.82, 2.24) is 20.4 Å². The molecule has 2 heterocycles. The quantitative estimate of drug-likeness (QED) is 0.625. The van der Waals surface area contributed by atoms with Gasteiger partial charge in [0.15, 0.2) is 0 Å². The molecule has 3 N–H and O–H groups in total. The molecule has 0 aliphatic carbocycles. The molecule has 148 valence electrons. The van der Waals surface area contributed by atoms with Crippen molar-refractivity contribution in [3.05, 3.63) is 71.9 Å². The van der Waals surface area contributed by atoms with E-state index < -0.39 is 6.04 Å². The van der Waals surface area contributed by atoms with Crippen LogP contribution in [0.1, 0.15) is 17.5 Å². The highest BCUT2D eigenvalue weighted by Crippen LogP contribution is 2.19. The third-order valence-electron chi connectivity index (χ3n) is 5.05. The van der Waals surface area contributed by atoms with E-state index in [9.17, 15) is 9.59 Å². The van der Waals surface area contributed by atoms with E-state index in [4.69, 9.17) is 0 Å². The predicted octanol–water partition coefficient (Wildman–Crippen LogP) is 3.31. The van der Waals surface area contributed by atoms with Crippen molar-refractivity contribution in [3.8, 4) is 11.3 Å². The zero-order valence-corrected chi connectivity index (χ0v) is 16.2. The standard InChI is InChI=1S/C22H23N5O2/c1-15-2-4-16(5-3-15)14-27-13-11-20(21(27)28)25-22(29)24-18-8-6-17(7-9-18)19-10-12-23-26-19/h2-10,12,20H,11,13-14H2,1H3,(H,23,26)(H2,24,25,29). The van der Waals surface area contributed by atoms with Crippen LogP contribution in [-0.4, -0.2) is 39.6 Å². The van der Waals surface area contributed by atoms with Crippen LogP contribution in [-0.2, 0) is 11.3 Å². The molecule has 2 aromatic carbocycles. The molecule has 1 aliphatic heterocycles. The van der Waals surface area contributed by atoms with Gasteiger partial charge in [0.2, 0.25) is 5.91 Å². The number of hydrogen-bond acceptors (Lipinski definition) is 3. The van der Waals surface area contributed by atoms with Crippen LogP contribution < -0.4 is 10.6 Å². The van der Waals surface area contributed by atoms with Gasteiger partial charge in [0.25, 0.3) is 0 Å². The van der Waals surface area contributed by atoms with Crippen molar-refractivity contribution in [2.24, 2.45) is 0 Å². The Morgan fingerprint density at radius 1 is 1.14 bits per heavy atom. The van der Waals surface area contributed by atoms with E-state index in [-0.39, 0.29) is 11.9 Å². The number of rotatable bonds is 5. The van der Waals surface area contributed by atoms with E-state index in [1.165, 1.54) is 5.56 Å². The number of hydrogen-bond donors (Lipinski definition) is 3. The first-order chi connectivity index (χ1) is 14.1. The Kier molecular flexibility index (Phi) is 5.29. The lowest BCUT2D eigenvalue weighted by Crippen LogP contribution is -2.43. The summed E-state index contributed by atoms with van der Waals surface area (Å²) in [4.78, 5) is 26.7. The topological polar surface area (TPSA) is 90.1 Å². The first-order valence-electron chi connectivity index (χ1n) is 9.60. The number of urea groups is 1. The first kappa shape index (κ1) is 18.7. The Hall–Kier alpha value is -3.61. The van der Waals surface area contributed by atoms with Gasteiger partial charge in [-0.15, -0.1) is 0 Å². The van der Waals surface area contributed by atoms with Gasteiger partial charge in [-0.1, -0.05) is 42.0 Å².